The van der Waals surface area contributed by atoms with E-state index in [0.717, 1.165) is 30.8 Å². The molecule has 1 atom stereocenters. The molecule has 0 heterocycles. The first-order chi connectivity index (χ1) is 3.11. The molecule has 1 unspecified atom stereocenters. The zero-order chi connectivity index (χ0) is 5.49. The van der Waals surface area contributed by atoms with E-state index in [1.165, 1.54) is 0 Å². The van der Waals surface area contributed by atoms with Crippen molar-refractivity contribution in [1.82, 2.24) is 0 Å². The summed E-state index contributed by atoms with van der Waals surface area (Å²) in [7, 11) is -2.30. The van der Waals surface area contributed by atoms with Gasteiger partial charge in [-0.1, -0.05) is 0 Å². The monoisotopic (exact) mass is 290 g/mol. The van der Waals surface area contributed by atoms with Crippen LogP contribution >= 0.6 is 0 Å². The predicted molar refractivity (Wildman–Crippen MR) is 23.8 cm³/mol. The van der Waals surface area contributed by atoms with Crippen molar-refractivity contribution in [3.63, 3.8) is 0 Å². The van der Waals surface area contributed by atoms with Crippen LogP contribution in [0.1, 0.15) is 12.8 Å². The molecular weight excluding hydrogens is 284 g/mol. The molecule has 42 valence electrons. The van der Waals surface area contributed by atoms with E-state index in [9.17, 15) is 4.21 Å². The second-order valence-electron chi connectivity index (χ2n) is 1.71. The third-order valence-corrected chi connectivity index (χ3v) is 5.19. The van der Waals surface area contributed by atoms with Gasteiger partial charge < -0.3 is 0 Å². The minimum atomic E-state index is -2.30. The van der Waals surface area contributed by atoms with Gasteiger partial charge in [0.15, 0.2) is 0 Å². The Morgan fingerprint density at radius 3 is 2.14 bits per heavy atom. The quantitative estimate of drug-likeness (QED) is 0.757. The van der Waals surface area contributed by atoms with Crippen LogP contribution in [0.4, 0.5) is 0 Å². The fraction of sp³-hybridized carbons (Fsp3) is 1.00. The van der Waals surface area contributed by atoms with Crippen molar-refractivity contribution >= 4 is 7.41 Å². The van der Waals surface area contributed by atoms with Gasteiger partial charge in [0.1, 0.15) is 0 Å². The van der Waals surface area contributed by atoms with E-state index in [1.54, 1.807) is 0 Å². The Balaban J connectivity index is 2.71. The zero-order valence-corrected chi connectivity index (χ0v) is 7.41. The van der Waals surface area contributed by atoms with E-state index < -0.39 is 7.41 Å². The Bertz CT molecular complexity index is 156. The molecule has 0 radical (unpaired) electrons. The van der Waals surface area contributed by atoms with Gasteiger partial charge in [-0.05, 0) is 0 Å². The second-order valence-corrected chi connectivity index (χ2v) is 8.56. The third kappa shape index (κ3) is 1.63. The first kappa shape index (κ1) is 5.93. The van der Waals surface area contributed by atoms with Crippen molar-refractivity contribution in [2.45, 2.75) is 18.1 Å². The van der Waals surface area contributed by atoms with Crippen molar-refractivity contribution in [2.24, 2.45) is 0 Å². The topological polar surface area (TPSA) is 37.3 Å². The average Bonchev–Trinajstić information content (AvgIpc) is 1.99. The van der Waals surface area contributed by atoms with E-state index in [1.807, 2.05) is 0 Å². The molecule has 1 aliphatic carbocycles. The predicted octanol–water partition coefficient (Wildman–Crippen LogP) is 0.368. The molecule has 1 saturated carbocycles. The summed E-state index contributed by atoms with van der Waals surface area (Å²) in [6.07, 6.45) is 1.94. The Kier molecular flexibility index (Phi) is 1.39. The molecule has 1 fully saturated rings. The summed E-state index contributed by atoms with van der Waals surface area (Å²) in [5.41, 5.74) is 0. The molecule has 0 aromatic heterocycles. The molecule has 0 aromatic rings. The van der Waals surface area contributed by atoms with Gasteiger partial charge in [0.25, 0.3) is 0 Å². The maximum atomic E-state index is 10.5. The molecule has 1 rings (SSSR count). The maximum absolute atomic E-state index is 10.5. The molecule has 0 aromatic carbocycles. The fourth-order valence-electron chi connectivity index (χ4n) is 0.366. The van der Waals surface area contributed by atoms with Gasteiger partial charge >= 0.3 is 52.3 Å². The van der Waals surface area contributed by atoms with E-state index in [0.29, 0.717) is 0 Å². The first-order valence-corrected chi connectivity index (χ1v) is 7.16. The van der Waals surface area contributed by atoms with Crippen LogP contribution < -0.4 is 0 Å². The van der Waals surface area contributed by atoms with Gasteiger partial charge in [-0.25, -0.2) is 0 Å². The standard InChI is InChI=1S/C3H6O2S.W/c4-6(5)3-1-2-3;/h3H,1-2H2,(H,4,5);. The third-order valence-electron chi connectivity index (χ3n) is 0.946. The molecule has 0 saturated heterocycles. The van der Waals surface area contributed by atoms with E-state index in [4.69, 9.17) is 4.55 Å². The summed E-state index contributed by atoms with van der Waals surface area (Å²) < 4.78 is 19.3. The molecule has 0 spiro atoms. The van der Waals surface area contributed by atoms with Crippen molar-refractivity contribution in [1.29, 1.82) is 0 Å². The van der Waals surface area contributed by atoms with Crippen molar-refractivity contribution < 1.29 is 26.8 Å². The van der Waals surface area contributed by atoms with Gasteiger partial charge in [0.05, 0.1) is 0 Å². The van der Waals surface area contributed by atoms with Crippen molar-refractivity contribution in [2.75, 3.05) is 0 Å². The van der Waals surface area contributed by atoms with Crippen molar-refractivity contribution in [3.8, 4) is 0 Å². The molecule has 7 heavy (non-hydrogen) atoms. The molecule has 4 heteroatoms. The van der Waals surface area contributed by atoms with Crippen LogP contribution in [0.15, 0.2) is 0 Å². The van der Waals surface area contributed by atoms with E-state index >= 15 is 0 Å². The zero-order valence-electron chi connectivity index (χ0n) is 3.66. The number of hydrogen-bond donors (Lipinski definition) is 1. The normalized spacial score (nSPS) is 29.3. The first-order valence-electron chi connectivity index (χ1n) is 2.07. The van der Waals surface area contributed by atoms with Crippen LogP contribution in [0, 0.1) is 0 Å². The Morgan fingerprint density at radius 2 is 2.14 bits per heavy atom. The van der Waals surface area contributed by atoms with Crippen LogP contribution in [0.25, 0.3) is 0 Å². The van der Waals surface area contributed by atoms with Gasteiger partial charge in [-0.3, -0.25) is 0 Å². The van der Waals surface area contributed by atoms with Gasteiger partial charge in [-0.2, -0.15) is 0 Å². The summed E-state index contributed by atoms with van der Waals surface area (Å²) in [6, 6.07) is 0. The molecule has 1 aliphatic rings. The Hall–Kier alpha value is 0.798. The number of hydrogen-bond acceptors (Lipinski definition) is 1. The van der Waals surface area contributed by atoms with Gasteiger partial charge in [0, 0.05) is 0 Å². The van der Waals surface area contributed by atoms with Gasteiger partial charge in [0.2, 0.25) is 0 Å². The molecule has 0 aliphatic heterocycles. The van der Waals surface area contributed by atoms with Crippen LogP contribution in [-0.2, 0) is 25.4 Å². The van der Waals surface area contributed by atoms with Crippen LogP contribution in [-0.4, -0.2) is 14.0 Å². The SMILES string of the molecule is O=[S](O)(=[W])C1CC1. The summed E-state index contributed by atoms with van der Waals surface area (Å²) >= 11 is 0.838. The molecular formula is C3H6O2SW. The Morgan fingerprint density at radius 1 is 1.71 bits per heavy atom. The van der Waals surface area contributed by atoms with Crippen LogP contribution in [0.2, 0.25) is 0 Å². The van der Waals surface area contributed by atoms with E-state index in [-0.39, 0.29) is 5.25 Å². The van der Waals surface area contributed by atoms with Crippen molar-refractivity contribution in [3.05, 3.63) is 0 Å². The summed E-state index contributed by atoms with van der Waals surface area (Å²) in [4.78, 5) is 0. The van der Waals surface area contributed by atoms with Gasteiger partial charge in [-0.15, -0.1) is 0 Å². The fourth-order valence-corrected chi connectivity index (χ4v) is 3.17. The summed E-state index contributed by atoms with van der Waals surface area (Å²) in [5.74, 6) is 0. The molecule has 0 amide bonds. The molecule has 1 N–H and O–H groups in total. The number of rotatable bonds is 1. The average molecular weight is 290 g/mol. The molecule has 2 nitrogen and oxygen atoms in total. The minimum absolute atomic E-state index is 0.169. The summed E-state index contributed by atoms with van der Waals surface area (Å²) in [5, 5.41) is 0.169. The second kappa shape index (κ2) is 1.64. The Labute approximate surface area is 52.5 Å². The molecule has 0 bridgehead atoms. The van der Waals surface area contributed by atoms with Crippen LogP contribution in [0.3, 0.4) is 0 Å². The summed E-state index contributed by atoms with van der Waals surface area (Å²) in [6.45, 7) is 0. The van der Waals surface area contributed by atoms with Crippen LogP contribution in [0.5, 0.6) is 0 Å². The van der Waals surface area contributed by atoms with E-state index in [2.05, 4.69) is 0 Å².